The predicted molar refractivity (Wildman–Crippen MR) is 123 cm³/mol. The number of nitrogens with zero attached hydrogens (tertiary/aromatic N) is 5. The third kappa shape index (κ3) is 4.53. The fourth-order valence-electron chi connectivity index (χ4n) is 4.44. The van der Waals surface area contributed by atoms with Gasteiger partial charge in [0.2, 0.25) is 11.8 Å². The molecule has 4 heterocycles. The number of benzene rings is 1. The largest absolute Gasteiger partial charge is 0.493 e. The molecular formula is C25H29N5O2. The van der Waals surface area contributed by atoms with Crippen molar-refractivity contribution < 1.29 is 9.47 Å². The average Bonchev–Trinajstić information content (AvgIpc) is 2.85. The van der Waals surface area contributed by atoms with Crippen LogP contribution in [-0.2, 0) is 19.5 Å². The third-order valence-electron chi connectivity index (χ3n) is 6.16. The lowest BCUT2D eigenvalue weighted by atomic mass is 10.1. The molecular weight excluding hydrogens is 402 g/mol. The van der Waals surface area contributed by atoms with Crippen LogP contribution in [0, 0.1) is 0 Å². The maximum Gasteiger partial charge on any atom is 0.229 e. The van der Waals surface area contributed by atoms with Crippen molar-refractivity contribution in [2.24, 2.45) is 0 Å². The zero-order valence-corrected chi connectivity index (χ0v) is 18.5. The molecule has 0 aliphatic carbocycles. The van der Waals surface area contributed by atoms with Crippen molar-refractivity contribution in [1.82, 2.24) is 19.9 Å². The van der Waals surface area contributed by atoms with Crippen molar-refractivity contribution in [2.75, 3.05) is 31.6 Å². The molecule has 7 nitrogen and oxygen atoms in total. The van der Waals surface area contributed by atoms with Crippen LogP contribution < -0.4 is 14.4 Å². The number of methoxy groups -OCH3 is 1. The van der Waals surface area contributed by atoms with Gasteiger partial charge in [0.25, 0.3) is 0 Å². The Kier molecular flexibility index (Phi) is 6.16. The number of para-hydroxylation sites is 2. The van der Waals surface area contributed by atoms with Gasteiger partial charge in [-0.1, -0.05) is 12.1 Å². The highest BCUT2D eigenvalue weighted by atomic mass is 16.5. The Balaban J connectivity index is 1.47. The summed E-state index contributed by atoms with van der Waals surface area (Å²) in [6.07, 6.45) is 8.21. The molecule has 1 fully saturated rings. The van der Waals surface area contributed by atoms with E-state index in [1.165, 1.54) is 24.8 Å². The van der Waals surface area contributed by atoms with Gasteiger partial charge >= 0.3 is 0 Å². The van der Waals surface area contributed by atoms with Crippen LogP contribution in [0.2, 0.25) is 0 Å². The van der Waals surface area contributed by atoms with E-state index in [2.05, 4.69) is 26.9 Å². The highest BCUT2D eigenvalue weighted by Gasteiger charge is 2.26. The first-order valence-electron chi connectivity index (χ1n) is 11.4. The van der Waals surface area contributed by atoms with E-state index in [1.807, 2.05) is 36.7 Å². The van der Waals surface area contributed by atoms with Crippen molar-refractivity contribution in [3.8, 4) is 17.4 Å². The summed E-state index contributed by atoms with van der Waals surface area (Å²) in [6.45, 7) is 4.58. The number of rotatable bonds is 6. The molecule has 1 saturated heterocycles. The molecule has 32 heavy (non-hydrogen) atoms. The molecule has 1 aromatic carbocycles. The van der Waals surface area contributed by atoms with Crippen molar-refractivity contribution >= 4 is 5.95 Å². The topological polar surface area (TPSA) is 63.6 Å². The first-order chi connectivity index (χ1) is 15.8. The second kappa shape index (κ2) is 9.53. The summed E-state index contributed by atoms with van der Waals surface area (Å²) in [5, 5.41) is 0. The van der Waals surface area contributed by atoms with Gasteiger partial charge in [0.15, 0.2) is 11.5 Å². The first-order valence-corrected chi connectivity index (χ1v) is 11.4. The zero-order valence-electron chi connectivity index (χ0n) is 18.5. The molecule has 2 aliphatic heterocycles. The van der Waals surface area contributed by atoms with Crippen molar-refractivity contribution in [3.05, 3.63) is 65.6 Å². The van der Waals surface area contributed by atoms with Crippen LogP contribution in [0.3, 0.4) is 0 Å². The average molecular weight is 432 g/mol. The molecule has 7 heteroatoms. The Hall–Kier alpha value is -3.19. The molecule has 3 aromatic rings. The van der Waals surface area contributed by atoms with E-state index in [0.29, 0.717) is 17.4 Å². The number of piperidine rings is 1. The summed E-state index contributed by atoms with van der Waals surface area (Å²) in [5.41, 5.74) is 3.41. The number of ether oxygens (including phenoxy) is 2. The van der Waals surface area contributed by atoms with E-state index in [4.69, 9.17) is 19.4 Å². The van der Waals surface area contributed by atoms with E-state index in [1.54, 1.807) is 7.11 Å². The van der Waals surface area contributed by atoms with Gasteiger partial charge in [0, 0.05) is 51.5 Å². The van der Waals surface area contributed by atoms with Gasteiger partial charge < -0.3 is 14.4 Å². The number of fused-ring (bicyclic) bond motifs is 1. The van der Waals surface area contributed by atoms with Crippen LogP contribution >= 0.6 is 0 Å². The highest BCUT2D eigenvalue weighted by Crippen LogP contribution is 2.36. The fourth-order valence-corrected chi connectivity index (χ4v) is 4.44. The fraction of sp³-hybridized carbons (Fsp3) is 0.400. The number of anilines is 1. The van der Waals surface area contributed by atoms with Gasteiger partial charge in [-0.25, -0.2) is 4.98 Å². The lowest BCUT2D eigenvalue weighted by Gasteiger charge is -2.32. The summed E-state index contributed by atoms with van der Waals surface area (Å²) in [6, 6.07) is 11.9. The van der Waals surface area contributed by atoms with Crippen molar-refractivity contribution in [1.29, 1.82) is 0 Å². The number of aromatic nitrogens is 3. The Morgan fingerprint density at radius 2 is 1.69 bits per heavy atom. The number of pyridine rings is 1. The molecule has 0 atom stereocenters. The van der Waals surface area contributed by atoms with E-state index in [9.17, 15) is 0 Å². The summed E-state index contributed by atoms with van der Waals surface area (Å²) < 4.78 is 11.9. The molecule has 0 saturated carbocycles. The summed E-state index contributed by atoms with van der Waals surface area (Å²) in [4.78, 5) is 18.8. The van der Waals surface area contributed by atoms with Crippen molar-refractivity contribution in [2.45, 2.75) is 38.8 Å². The lowest BCUT2D eigenvalue weighted by molar-refractivity contribution is 0.237. The maximum absolute atomic E-state index is 6.39. The monoisotopic (exact) mass is 431 g/mol. The third-order valence-corrected chi connectivity index (χ3v) is 6.16. The molecule has 0 bridgehead atoms. The van der Waals surface area contributed by atoms with E-state index < -0.39 is 0 Å². The van der Waals surface area contributed by atoms with Gasteiger partial charge in [0.05, 0.1) is 18.4 Å². The van der Waals surface area contributed by atoms with Gasteiger partial charge in [-0.3, -0.25) is 9.88 Å². The van der Waals surface area contributed by atoms with Crippen LogP contribution in [0.25, 0.3) is 0 Å². The molecule has 166 valence electrons. The number of hydrogen-bond donors (Lipinski definition) is 0. The minimum absolute atomic E-state index is 0.638. The van der Waals surface area contributed by atoms with Gasteiger partial charge in [-0.15, -0.1) is 0 Å². The normalized spacial score (nSPS) is 16.5. The first kappa shape index (κ1) is 20.7. The molecule has 2 aliphatic rings. The summed E-state index contributed by atoms with van der Waals surface area (Å²) in [5.74, 6) is 2.80. The quantitative estimate of drug-likeness (QED) is 0.579. The Morgan fingerprint density at radius 1 is 0.906 bits per heavy atom. The van der Waals surface area contributed by atoms with Gasteiger partial charge in [0.1, 0.15) is 0 Å². The zero-order chi connectivity index (χ0) is 21.8. The SMILES string of the molecule is COc1ccccc1Oc1nc(N2CCCCC2)nc2c1CN(Cc1ccncc1)CC2. The van der Waals surface area contributed by atoms with Gasteiger partial charge in [-0.05, 0) is 49.1 Å². The predicted octanol–water partition coefficient (Wildman–Crippen LogP) is 4.22. The van der Waals surface area contributed by atoms with Gasteiger partial charge in [-0.2, -0.15) is 4.98 Å². The molecule has 0 spiro atoms. The molecule has 0 unspecified atom stereocenters. The Morgan fingerprint density at radius 3 is 2.47 bits per heavy atom. The smallest absolute Gasteiger partial charge is 0.229 e. The minimum Gasteiger partial charge on any atom is -0.493 e. The van der Waals surface area contributed by atoms with E-state index in [-0.39, 0.29) is 0 Å². The second-order valence-electron chi connectivity index (χ2n) is 8.37. The minimum atomic E-state index is 0.638. The molecule has 0 amide bonds. The summed E-state index contributed by atoms with van der Waals surface area (Å²) in [7, 11) is 1.66. The van der Waals surface area contributed by atoms with Crippen LogP contribution in [0.4, 0.5) is 5.95 Å². The Bertz CT molecular complexity index is 1050. The number of hydrogen-bond acceptors (Lipinski definition) is 7. The van der Waals surface area contributed by atoms with Crippen molar-refractivity contribution in [3.63, 3.8) is 0 Å². The molecule has 2 aromatic heterocycles. The van der Waals surface area contributed by atoms with E-state index in [0.717, 1.165) is 56.4 Å². The molecule has 0 N–H and O–H groups in total. The van der Waals surface area contributed by atoms with E-state index >= 15 is 0 Å². The maximum atomic E-state index is 6.39. The molecule has 5 rings (SSSR count). The van der Waals surface area contributed by atoms with Crippen LogP contribution in [0.5, 0.6) is 17.4 Å². The van der Waals surface area contributed by atoms with Crippen LogP contribution in [0.1, 0.15) is 36.1 Å². The summed E-state index contributed by atoms with van der Waals surface area (Å²) >= 11 is 0. The molecule has 0 radical (unpaired) electrons. The van der Waals surface area contributed by atoms with Crippen LogP contribution in [-0.4, -0.2) is 46.6 Å². The standard InChI is InChI=1S/C25H29N5O2/c1-31-22-7-3-4-8-23(22)32-24-20-18-29(17-19-9-12-26-13-10-19)16-11-21(20)27-25(28-24)30-14-5-2-6-15-30/h3-4,7-10,12-13H,2,5-6,11,14-18H2,1H3. The van der Waals surface area contributed by atoms with Crippen LogP contribution in [0.15, 0.2) is 48.8 Å². The Labute approximate surface area is 189 Å². The highest BCUT2D eigenvalue weighted by molar-refractivity contribution is 5.47. The second-order valence-corrected chi connectivity index (χ2v) is 8.37. The lowest BCUT2D eigenvalue weighted by Crippen LogP contribution is -2.34.